The third-order valence-electron chi connectivity index (χ3n) is 6.29. The molecule has 1 nitrogen and oxygen atoms in total. The minimum Gasteiger partial charge on any atom is -0.494 e. The van der Waals surface area contributed by atoms with Gasteiger partial charge in [0.15, 0.2) is 0 Å². The van der Waals surface area contributed by atoms with Crippen molar-refractivity contribution in [2.75, 3.05) is 6.61 Å². The zero-order valence-corrected chi connectivity index (χ0v) is 19.0. The fraction of sp³-hybridized carbons (Fsp3) is 0.517. The van der Waals surface area contributed by atoms with Crippen molar-refractivity contribution >= 4 is 0 Å². The van der Waals surface area contributed by atoms with E-state index in [0.717, 1.165) is 24.3 Å². The summed E-state index contributed by atoms with van der Waals surface area (Å²) in [4.78, 5) is 0. The van der Waals surface area contributed by atoms with Crippen LogP contribution in [-0.4, -0.2) is 6.61 Å². The molecule has 0 heterocycles. The van der Waals surface area contributed by atoms with Crippen molar-refractivity contribution in [3.05, 3.63) is 65.2 Å². The third kappa shape index (κ3) is 7.24. The number of hydrogen-bond acceptors (Lipinski definition) is 1. The van der Waals surface area contributed by atoms with Crippen molar-refractivity contribution in [2.45, 2.75) is 84.0 Å². The minimum atomic E-state index is 0.544. The molecule has 1 aliphatic carbocycles. The van der Waals surface area contributed by atoms with Gasteiger partial charge >= 0.3 is 0 Å². The van der Waals surface area contributed by atoms with Crippen LogP contribution in [0.25, 0.3) is 0 Å². The van der Waals surface area contributed by atoms with Gasteiger partial charge in [-0.25, -0.2) is 0 Å². The van der Waals surface area contributed by atoms with Crippen molar-refractivity contribution < 1.29 is 4.74 Å². The number of ether oxygens (including phenoxy) is 1. The number of hydrogen-bond donors (Lipinski definition) is 0. The maximum atomic E-state index is 5.79. The summed E-state index contributed by atoms with van der Waals surface area (Å²) in [6.45, 7) is 5.27. The summed E-state index contributed by atoms with van der Waals surface area (Å²) in [6, 6.07) is 17.7. The fourth-order valence-corrected chi connectivity index (χ4v) is 4.26. The Morgan fingerprint density at radius 1 is 0.800 bits per heavy atom. The van der Waals surface area contributed by atoms with Crippen LogP contribution in [0.3, 0.4) is 0 Å². The van der Waals surface area contributed by atoms with Gasteiger partial charge in [0.1, 0.15) is 5.75 Å². The molecule has 0 saturated heterocycles. The van der Waals surface area contributed by atoms with E-state index >= 15 is 0 Å². The Hall–Kier alpha value is -2.20. The van der Waals surface area contributed by atoms with E-state index in [1.54, 1.807) is 0 Å². The van der Waals surface area contributed by atoms with E-state index in [1.807, 2.05) is 0 Å². The first-order chi connectivity index (χ1) is 14.8. The second-order valence-electron chi connectivity index (χ2n) is 8.74. The molecule has 0 aliphatic heterocycles. The van der Waals surface area contributed by atoms with Crippen LogP contribution in [0.5, 0.6) is 5.75 Å². The highest BCUT2D eigenvalue weighted by Crippen LogP contribution is 2.36. The van der Waals surface area contributed by atoms with Gasteiger partial charge in [0, 0.05) is 11.5 Å². The van der Waals surface area contributed by atoms with E-state index in [4.69, 9.17) is 4.74 Å². The van der Waals surface area contributed by atoms with Crippen LogP contribution in [0.4, 0.5) is 0 Å². The molecule has 0 N–H and O–H groups in total. The van der Waals surface area contributed by atoms with Crippen molar-refractivity contribution in [1.82, 2.24) is 0 Å². The fourth-order valence-electron chi connectivity index (χ4n) is 4.26. The monoisotopic (exact) mass is 402 g/mol. The Morgan fingerprint density at radius 2 is 1.50 bits per heavy atom. The van der Waals surface area contributed by atoms with Gasteiger partial charge in [-0.15, -0.1) is 0 Å². The molecule has 2 aromatic carbocycles. The van der Waals surface area contributed by atoms with Gasteiger partial charge in [0.2, 0.25) is 0 Å². The summed E-state index contributed by atoms with van der Waals surface area (Å²) >= 11 is 0. The quantitative estimate of drug-likeness (QED) is 0.306. The molecule has 160 valence electrons. The summed E-state index contributed by atoms with van der Waals surface area (Å²) in [5.74, 6) is 9.20. The van der Waals surface area contributed by atoms with Crippen LogP contribution >= 0.6 is 0 Å². The van der Waals surface area contributed by atoms with Gasteiger partial charge in [0.05, 0.1) is 6.61 Å². The highest BCUT2D eigenvalue weighted by Gasteiger charge is 2.21. The average Bonchev–Trinajstić information content (AvgIpc) is 2.80. The number of rotatable bonds is 9. The molecule has 2 aromatic rings. The van der Waals surface area contributed by atoms with E-state index in [0.29, 0.717) is 11.8 Å². The molecule has 3 rings (SSSR count). The molecule has 0 amide bonds. The van der Waals surface area contributed by atoms with Crippen molar-refractivity contribution in [1.29, 1.82) is 0 Å². The SMILES string of the molecule is CCCCCc1ccc(C#C[C@H]2CC[C@H](c3ccc(OCCCC)cc3)CC2)cc1. The predicted octanol–water partition coefficient (Wildman–Crippen LogP) is 7.92. The molecule has 1 saturated carbocycles. The average molecular weight is 403 g/mol. The Bertz CT molecular complexity index is 783. The second kappa shape index (κ2) is 12.5. The molecule has 0 spiro atoms. The van der Waals surface area contributed by atoms with Crippen LogP contribution in [0.15, 0.2) is 48.5 Å². The highest BCUT2D eigenvalue weighted by molar-refractivity contribution is 5.37. The van der Waals surface area contributed by atoms with Crippen molar-refractivity contribution in [3.8, 4) is 17.6 Å². The molecule has 30 heavy (non-hydrogen) atoms. The number of aryl methyl sites for hydroxylation is 1. The lowest BCUT2D eigenvalue weighted by molar-refractivity contribution is 0.309. The Labute approximate surface area is 184 Å². The smallest absolute Gasteiger partial charge is 0.119 e. The molecule has 0 atom stereocenters. The Balaban J connectivity index is 1.44. The summed E-state index contributed by atoms with van der Waals surface area (Å²) < 4.78 is 5.79. The zero-order valence-electron chi connectivity index (χ0n) is 19.0. The summed E-state index contributed by atoms with van der Waals surface area (Å²) in [7, 11) is 0. The normalized spacial score (nSPS) is 18.5. The van der Waals surface area contributed by atoms with E-state index in [2.05, 4.69) is 74.2 Å². The molecule has 1 aliphatic rings. The topological polar surface area (TPSA) is 9.23 Å². The van der Waals surface area contributed by atoms with Gasteiger partial charge in [-0.2, -0.15) is 0 Å². The van der Waals surface area contributed by atoms with Gasteiger partial charge in [0.25, 0.3) is 0 Å². The standard InChI is InChI=1S/C29H38O/c1-3-5-7-8-24-9-11-25(12-10-24)13-14-26-15-17-27(18-16-26)28-19-21-29(22-20-28)30-23-6-4-2/h9-12,19-22,26-27H,3-8,15-18,23H2,1-2H3/t26-,27-. The van der Waals surface area contributed by atoms with Gasteiger partial charge in [-0.05, 0) is 86.3 Å². The first kappa shape index (κ1) is 22.5. The van der Waals surface area contributed by atoms with Crippen LogP contribution in [-0.2, 0) is 6.42 Å². The zero-order chi connectivity index (χ0) is 21.0. The second-order valence-corrected chi connectivity index (χ2v) is 8.74. The molecular weight excluding hydrogens is 364 g/mol. The third-order valence-corrected chi connectivity index (χ3v) is 6.29. The lowest BCUT2D eigenvalue weighted by Crippen LogP contribution is -2.12. The molecule has 0 unspecified atom stereocenters. The predicted molar refractivity (Wildman–Crippen MR) is 128 cm³/mol. The van der Waals surface area contributed by atoms with E-state index in [-0.39, 0.29) is 0 Å². The molecule has 1 fully saturated rings. The van der Waals surface area contributed by atoms with E-state index < -0.39 is 0 Å². The highest BCUT2D eigenvalue weighted by atomic mass is 16.5. The first-order valence-electron chi connectivity index (χ1n) is 12.1. The van der Waals surface area contributed by atoms with Gasteiger partial charge in [-0.1, -0.05) is 69.2 Å². The lowest BCUT2D eigenvalue weighted by atomic mass is 9.79. The largest absolute Gasteiger partial charge is 0.494 e. The Kier molecular flexibility index (Phi) is 9.36. The summed E-state index contributed by atoms with van der Waals surface area (Å²) in [5, 5.41) is 0. The Morgan fingerprint density at radius 3 is 2.17 bits per heavy atom. The van der Waals surface area contributed by atoms with Crippen LogP contribution in [0.1, 0.15) is 94.2 Å². The van der Waals surface area contributed by atoms with Crippen molar-refractivity contribution in [2.24, 2.45) is 5.92 Å². The minimum absolute atomic E-state index is 0.544. The van der Waals surface area contributed by atoms with Crippen LogP contribution in [0.2, 0.25) is 0 Å². The van der Waals surface area contributed by atoms with E-state index in [1.165, 1.54) is 68.9 Å². The number of benzene rings is 2. The number of unbranched alkanes of at least 4 members (excludes halogenated alkanes) is 3. The van der Waals surface area contributed by atoms with Gasteiger partial charge in [-0.3, -0.25) is 0 Å². The van der Waals surface area contributed by atoms with E-state index in [9.17, 15) is 0 Å². The molecule has 1 heteroatoms. The lowest BCUT2D eigenvalue weighted by Gasteiger charge is -2.26. The maximum absolute atomic E-state index is 5.79. The molecule has 0 aromatic heterocycles. The maximum Gasteiger partial charge on any atom is 0.119 e. The molecular formula is C29H38O. The van der Waals surface area contributed by atoms with Gasteiger partial charge < -0.3 is 4.74 Å². The van der Waals surface area contributed by atoms with Crippen LogP contribution < -0.4 is 4.74 Å². The van der Waals surface area contributed by atoms with Crippen LogP contribution in [0, 0.1) is 17.8 Å². The summed E-state index contributed by atoms with van der Waals surface area (Å²) in [5.41, 5.74) is 4.06. The van der Waals surface area contributed by atoms with Crippen molar-refractivity contribution in [3.63, 3.8) is 0 Å². The molecule has 0 bridgehead atoms. The first-order valence-corrected chi connectivity index (χ1v) is 12.1. The summed E-state index contributed by atoms with van der Waals surface area (Å²) in [6.07, 6.45) is 12.3. The molecule has 0 radical (unpaired) electrons.